The Hall–Kier alpha value is -0.620. The van der Waals surface area contributed by atoms with E-state index in [-0.39, 0.29) is 4.47 Å². The third kappa shape index (κ3) is 2.06. The highest BCUT2D eigenvalue weighted by atomic mass is 79.9. The van der Waals surface area contributed by atoms with Crippen molar-refractivity contribution in [2.45, 2.75) is 12.5 Å². The van der Waals surface area contributed by atoms with Crippen molar-refractivity contribution in [2.75, 3.05) is 0 Å². The van der Waals surface area contributed by atoms with E-state index in [2.05, 4.69) is 15.9 Å². The smallest absolute Gasteiger partial charge is 0.257 e. The van der Waals surface area contributed by atoms with E-state index in [1.54, 1.807) is 0 Å². The number of nitrogens with two attached hydrogens (primary N) is 1. The maximum atomic E-state index is 13.2. The fourth-order valence-electron chi connectivity index (χ4n) is 0.974. The predicted molar refractivity (Wildman–Crippen MR) is 47.0 cm³/mol. The van der Waals surface area contributed by atoms with Crippen LogP contribution in [0.1, 0.15) is 11.6 Å². The van der Waals surface area contributed by atoms with E-state index >= 15 is 0 Å². The lowest BCUT2D eigenvalue weighted by Gasteiger charge is -2.13. The average molecular weight is 272 g/mol. The summed E-state index contributed by atoms with van der Waals surface area (Å²) in [6.45, 7) is 0. The summed E-state index contributed by atoms with van der Waals surface area (Å²) in [4.78, 5) is 0. The first-order valence-electron chi connectivity index (χ1n) is 3.62. The molecule has 0 saturated heterocycles. The van der Waals surface area contributed by atoms with Gasteiger partial charge in [0.1, 0.15) is 11.6 Å². The van der Waals surface area contributed by atoms with E-state index in [4.69, 9.17) is 5.73 Å². The largest absolute Gasteiger partial charge is 0.319 e. The first-order chi connectivity index (χ1) is 6.45. The van der Waals surface area contributed by atoms with Gasteiger partial charge in [-0.25, -0.2) is 17.6 Å². The second kappa shape index (κ2) is 4.27. The Kier molecular flexibility index (Phi) is 3.49. The lowest BCUT2D eigenvalue weighted by atomic mass is 10.1. The van der Waals surface area contributed by atoms with Gasteiger partial charge in [0.05, 0.1) is 10.5 Å². The Balaban J connectivity index is 3.25. The molecular weight excluding hydrogens is 266 g/mol. The van der Waals surface area contributed by atoms with Crippen molar-refractivity contribution in [3.63, 3.8) is 0 Å². The van der Waals surface area contributed by atoms with E-state index in [9.17, 15) is 17.6 Å². The molecule has 1 atom stereocenters. The molecule has 1 aromatic carbocycles. The third-order valence-electron chi connectivity index (χ3n) is 1.68. The van der Waals surface area contributed by atoms with Gasteiger partial charge in [0.15, 0.2) is 0 Å². The highest BCUT2D eigenvalue weighted by molar-refractivity contribution is 9.10. The first-order valence-corrected chi connectivity index (χ1v) is 4.41. The van der Waals surface area contributed by atoms with Gasteiger partial charge < -0.3 is 5.73 Å². The first kappa shape index (κ1) is 11.5. The second-order valence-electron chi connectivity index (χ2n) is 2.62. The number of hydrogen-bond donors (Lipinski definition) is 1. The molecule has 1 aromatic rings. The highest BCUT2D eigenvalue weighted by Crippen LogP contribution is 2.28. The van der Waals surface area contributed by atoms with Gasteiger partial charge in [0.2, 0.25) is 0 Å². The molecule has 0 unspecified atom stereocenters. The van der Waals surface area contributed by atoms with Crippen LogP contribution in [0.5, 0.6) is 0 Å². The van der Waals surface area contributed by atoms with Gasteiger partial charge in [-0.2, -0.15) is 0 Å². The van der Waals surface area contributed by atoms with Crippen LogP contribution in [-0.2, 0) is 0 Å². The Bertz CT molecular complexity index is 342. The van der Waals surface area contributed by atoms with Crippen molar-refractivity contribution in [3.05, 3.63) is 33.8 Å². The minimum absolute atomic E-state index is 0.0926. The molecule has 78 valence electrons. The fraction of sp³-hybridized carbons (Fsp3) is 0.250. The van der Waals surface area contributed by atoms with E-state index in [0.29, 0.717) is 0 Å². The topological polar surface area (TPSA) is 26.0 Å². The maximum absolute atomic E-state index is 13.2. The van der Waals surface area contributed by atoms with E-state index in [0.717, 1.165) is 12.1 Å². The maximum Gasteiger partial charge on any atom is 0.257 e. The zero-order chi connectivity index (χ0) is 10.9. The average Bonchev–Trinajstić information content (AvgIpc) is 2.12. The van der Waals surface area contributed by atoms with Crippen LogP contribution in [0.3, 0.4) is 0 Å². The van der Waals surface area contributed by atoms with Crippen LogP contribution in [0.4, 0.5) is 17.6 Å². The molecule has 0 amide bonds. The van der Waals surface area contributed by atoms with Crippen LogP contribution < -0.4 is 5.73 Å². The minimum Gasteiger partial charge on any atom is -0.319 e. The normalized spacial score (nSPS) is 13.4. The van der Waals surface area contributed by atoms with Crippen molar-refractivity contribution in [1.29, 1.82) is 0 Å². The van der Waals surface area contributed by atoms with Gasteiger partial charge in [-0.05, 0) is 28.1 Å². The highest BCUT2D eigenvalue weighted by Gasteiger charge is 2.25. The molecule has 0 spiro atoms. The molecule has 2 N–H and O–H groups in total. The fourth-order valence-corrected chi connectivity index (χ4v) is 1.32. The summed E-state index contributed by atoms with van der Waals surface area (Å²) in [7, 11) is 0. The van der Waals surface area contributed by atoms with Crippen molar-refractivity contribution in [1.82, 2.24) is 0 Å². The number of halogens is 5. The summed E-state index contributed by atoms with van der Waals surface area (Å²) in [6.07, 6.45) is -3.01. The molecule has 0 bridgehead atoms. The molecule has 0 aliphatic carbocycles. The zero-order valence-electron chi connectivity index (χ0n) is 6.78. The summed E-state index contributed by atoms with van der Waals surface area (Å²) in [5, 5.41) is 0. The standard InChI is InChI=1S/C8H6BrF4N/c9-3-1-2-4(10)5(6(3)11)7(14)8(12)13/h1-2,7-8H,14H2/t7-/m0/s1. The number of hydrogen-bond acceptors (Lipinski definition) is 1. The molecule has 0 aliphatic rings. The van der Waals surface area contributed by atoms with Crippen LogP contribution in [0.15, 0.2) is 16.6 Å². The number of benzene rings is 1. The van der Waals surface area contributed by atoms with Crippen molar-refractivity contribution >= 4 is 15.9 Å². The zero-order valence-corrected chi connectivity index (χ0v) is 8.36. The predicted octanol–water partition coefficient (Wildman–Crippen LogP) is 2.99. The molecule has 1 nitrogen and oxygen atoms in total. The lowest BCUT2D eigenvalue weighted by Crippen LogP contribution is -2.22. The molecule has 0 fully saturated rings. The molecule has 0 radical (unpaired) electrons. The van der Waals surface area contributed by atoms with E-state index in [1.807, 2.05) is 0 Å². The molecule has 0 saturated carbocycles. The third-order valence-corrected chi connectivity index (χ3v) is 2.30. The summed E-state index contributed by atoms with van der Waals surface area (Å²) in [5.41, 5.74) is 4.16. The Labute approximate surface area is 86.0 Å². The molecule has 0 heterocycles. The van der Waals surface area contributed by atoms with E-state index in [1.165, 1.54) is 0 Å². The van der Waals surface area contributed by atoms with Gasteiger partial charge in [0, 0.05) is 5.56 Å². The summed E-state index contributed by atoms with van der Waals surface area (Å²) < 4.78 is 50.3. The molecule has 14 heavy (non-hydrogen) atoms. The van der Waals surface area contributed by atoms with Crippen LogP contribution in [0.25, 0.3) is 0 Å². The Morgan fingerprint density at radius 1 is 1.21 bits per heavy atom. The summed E-state index contributed by atoms with van der Waals surface area (Å²) in [5.74, 6) is -2.16. The van der Waals surface area contributed by atoms with Gasteiger partial charge in [-0.1, -0.05) is 0 Å². The summed E-state index contributed by atoms with van der Waals surface area (Å²) in [6, 6.07) is 0.0179. The SMILES string of the molecule is N[C@@H](c1c(F)ccc(Br)c1F)C(F)F. The number of alkyl halides is 2. The monoisotopic (exact) mass is 271 g/mol. The van der Waals surface area contributed by atoms with Crippen molar-refractivity contribution < 1.29 is 17.6 Å². The minimum atomic E-state index is -3.01. The molecule has 0 aromatic heterocycles. The Morgan fingerprint density at radius 2 is 1.79 bits per heavy atom. The number of rotatable bonds is 2. The van der Waals surface area contributed by atoms with Crippen LogP contribution in [0, 0.1) is 11.6 Å². The molecule has 0 aliphatic heterocycles. The molecule has 6 heteroatoms. The van der Waals surface area contributed by atoms with Gasteiger partial charge in [-0.3, -0.25) is 0 Å². The van der Waals surface area contributed by atoms with Crippen LogP contribution in [-0.4, -0.2) is 6.43 Å². The van der Waals surface area contributed by atoms with Gasteiger partial charge in [0.25, 0.3) is 6.43 Å². The van der Waals surface area contributed by atoms with Crippen molar-refractivity contribution in [2.24, 2.45) is 5.73 Å². The second-order valence-corrected chi connectivity index (χ2v) is 3.47. The molecular formula is C8H6BrF4N. The van der Waals surface area contributed by atoms with E-state index < -0.39 is 29.7 Å². The van der Waals surface area contributed by atoms with Gasteiger partial charge in [-0.15, -0.1) is 0 Å². The van der Waals surface area contributed by atoms with Gasteiger partial charge >= 0.3 is 0 Å². The van der Waals surface area contributed by atoms with Crippen LogP contribution >= 0.6 is 15.9 Å². The van der Waals surface area contributed by atoms with Crippen molar-refractivity contribution in [3.8, 4) is 0 Å². The summed E-state index contributed by atoms with van der Waals surface area (Å²) >= 11 is 2.76. The molecule has 1 rings (SSSR count). The quantitative estimate of drug-likeness (QED) is 0.650. The van der Waals surface area contributed by atoms with Crippen LogP contribution in [0.2, 0.25) is 0 Å². The Morgan fingerprint density at radius 3 is 2.29 bits per heavy atom. The lowest BCUT2D eigenvalue weighted by molar-refractivity contribution is 0.113.